The van der Waals surface area contributed by atoms with Crippen LogP contribution in [0.4, 0.5) is 0 Å². The van der Waals surface area contributed by atoms with Crippen molar-refractivity contribution in [3.8, 4) is 11.3 Å². The van der Waals surface area contributed by atoms with E-state index < -0.39 is 0 Å². The average Bonchev–Trinajstić information content (AvgIpc) is 2.84. The Morgan fingerprint density at radius 1 is 0.909 bits per heavy atom. The summed E-state index contributed by atoms with van der Waals surface area (Å²) in [6, 6.07) is 21.4. The Labute approximate surface area is 191 Å². The van der Waals surface area contributed by atoms with E-state index in [1.807, 2.05) is 30.3 Å². The normalized spacial score (nSPS) is 10.8. The second-order valence-electron chi connectivity index (χ2n) is 8.01. The maximum atomic E-state index is 13.0. The molecule has 4 aromatic rings. The highest BCUT2D eigenvalue weighted by molar-refractivity contribution is 6.05. The molecule has 0 fully saturated rings. The Balaban J connectivity index is 1.63. The number of benzene rings is 3. The van der Waals surface area contributed by atoms with Crippen molar-refractivity contribution in [3.05, 3.63) is 105 Å². The van der Waals surface area contributed by atoms with Crippen LogP contribution in [0, 0.1) is 6.92 Å². The standard InChI is InChI=1S/C27H24N2O4/c1-17-23(30)21-10-7-11-22(25(21)33-24(17)19-8-5-4-6-9-19)26(31)28-16-18-12-14-20(15-13-18)27(32)29(2)3/h4-15H,16H2,1-3H3,(H,28,31). The number of rotatable bonds is 5. The summed E-state index contributed by atoms with van der Waals surface area (Å²) in [6.45, 7) is 2.00. The summed E-state index contributed by atoms with van der Waals surface area (Å²) >= 11 is 0. The van der Waals surface area contributed by atoms with Gasteiger partial charge in [-0.3, -0.25) is 14.4 Å². The van der Waals surface area contributed by atoms with Crippen LogP contribution in [0.25, 0.3) is 22.3 Å². The molecule has 0 saturated carbocycles. The molecule has 1 aromatic heterocycles. The van der Waals surface area contributed by atoms with Crippen molar-refractivity contribution in [1.82, 2.24) is 10.2 Å². The molecule has 0 spiro atoms. The summed E-state index contributed by atoms with van der Waals surface area (Å²) in [6.07, 6.45) is 0. The molecule has 1 N–H and O–H groups in total. The van der Waals surface area contributed by atoms with Gasteiger partial charge >= 0.3 is 0 Å². The predicted octanol–water partition coefficient (Wildman–Crippen LogP) is 4.40. The summed E-state index contributed by atoms with van der Waals surface area (Å²) in [5.41, 5.74) is 3.09. The second-order valence-corrected chi connectivity index (χ2v) is 8.01. The molecule has 0 bridgehead atoms. The third-order valence-corrected chi connectivity index (χ3v) is 5.49. The van der Waals surface area contributed by atoms with Gasteiger partial charge in [-0.25, -0.2) is 0 Å². The lowest BCUT2D eigenvalue weighted by Gasteiger charge is -2.12. The molecule has 0 aliphatic carbocycles. The van der Waals surface area contributed by atoms with Gasteiger partial charge < -0.3 is 14.6 Å². The van der Waals surface area contributed by atoms with Crippen LogP contribution in [0.15, 0.2) is 82.0 Å². The number of carbonyl (C=O) groups is 2. The monoisotopic (exact) mass is 440 g/mol. The van der Waals surface area contributed by atoms with Crippen LogP contribution in [0.3, 0.4) is 0 Å². The van der Waals surface area contributed by atoms with Crippen molar-refractivity contribution in [3.63, 3.8) is 0 Å². The number of nitrogens with zero attached hydrogens (tertiary/aromatic N) is 1. The summed E-state index contributed by atoms with van der Waals surface area (Å²) in [5.74, 6) is 0.0236. The fourth-order valence-electron chi connectivity index (χ4n) is 3.65. The molecular formula is C27H24N2O4. The van der Waals surface area contributed by atoms with Gasteiger partial charge in [0, 0.05) is 37.3 Å². The van der Waals surface area contributed by atoms with Gasteiger partial charge in [-0.2, -0.15) is 0 Å². The molecule has 0 aliphatic rings. The second kappa shape index (κ2) is 9.12. The third-order valence-electron chi connectivity index (χ3n) is 5.49. The van der Waals surface area contributed by atoms with Crippen LogP contribution in [0.2, 0.25) is 0 Å². The van der Waals surface area contributed by atoms with E-state index in [0.717, 1.165) is 11.1 Å². The maximum Gasteiger partial charge on any atom is 0.255 e. The summed E-state index contributed by atoms with van der Waals surface area (Å²) in [5, 5.41) is 3.24. The number of fused-ring (bicyclic) bond motifs is 1. The molecule has 166 valence electrons. The Kier molecular flexibility index (Phi) is 6.09. The molecule has 33 heavy (non-hydrogen) atoms. The minimum absolute atomic E-state index is 0.0825. The van der Waals surface area contributed by atoms with Gasteiger partial charge in [0.05, 0.1) is 10.9 Å². The Morgan fingerprint density at radius 3 is 2.27 bits per heavy atom. The van der Waals surface area contributed by atoms with Crippen LogP contribution in [0.1, 0.15) is 31.8 Å². The SMILES string of the molecule is Cc1c(-c2ccccc2)oc2c(C(=O)NCc3ccc(C(=O)N(C)C)cc3)cccc2c1=O. The number of carbonyl (C=O) groups excluding carboxylic acids is 2. The summed E-state index contributed by atoms with van der Waals surface area (Å²) in [4.78, 5) is 39.5. The van der Waals surface area contributed by atoms with Gasteiger partial charge in [0.15, 0.2) is 11.0 Å². The number of nitrogens with one attached hydrogen (secondary N) is 1. The maximum absolute atomic E-state index is 13.0. The first-order chi connectivity index (χ1) is 15.9. The lowest BCUT2D eigenvalue weighted by atomic mass is 10.0. The third kappa shape index (κ3) is 4.41. The van der Waals surface area contributed by atoms with Crippen molar-refractivity contribution in [2.24, 2.45) is 0 Å². The molecule has 0 radical (unpaired) electrons. The van der Waals surface area contributed by atoms with Gasteiger partial charge in [-0.15, -0.1) is 0 Å². The van der Waals surface area contributed by atoms with Gasteiger partial charge in [-0.05, 0) is 36.8 Å². The summed E-state index contributed by atoms with van der Waals surface area (Å²) in [7, 11) is 3.40. The molecule has 3 aromatic carbocycles. The van der Waals surface area contributed by atoms with Crippen LogP contribution in [-0.4, -0.2) is 30.8 Å². The topological polar surface area (TPSA) is 79.6 Å². The number of hydrogen-bond acceptors (Lipinski definition) is 4. The molecule has 6 nitrogen and oxygen atoms in total. The molecule has 0 atom stereocenters. The lowest BCUT2D eigenvalue weighted by molar-refractivity contribution is 0.0827. The fraction of sp³-hybridized carbons (Fsp3) is 0.148. The first-order valence-electron chi connectivity index (χ1n) is 10.6. The van der Waals surface area contributed by atoms with E-state index >= 15 is 0 Å². The molecule has 0 unspecified atom stereocenters. The first kappa shape index (κ1) is 22.0. The molecule has 1 heterocycles. The Hall–Kier alpha value is -4.19. The van der Waals surface area contributed by atoms with Crippen LogP contribution in [-0.2, 0) is 6.54 Å². The zero-order valence-electron chi connectivity index (χ0n) is 18.7. The highest BCUT2D eigenvalue weighted by atomic mass is 16.3. The van der Waals surface area contributed by atoms with Gasteiger partial charge in [0.25, 0.3) is 11.8 Å². The van der Waals surface area contributed by atoms with Crippen molar-refractivity contribution in [1.29, 1.82) is 0 Å². The van der Waals surface area contributed by atoms with Gasteiger partial charge in [0.1, 0.15) is 5.76 Å². The van der Waals surface area contributed by atoms with Crippen LogP contribution >= 0.6 is 0 Å². The van der Waals surface area contributed by atoms with Crippen LogP contribution in [0.5, 0.6) is 0 Å². The number of amides is 2. The van der Waals surface area contributed by atoms with E-state index in [4.69, 9.17) is 4.42 Å². The highest BCUT2D eigenvalue weighted by Gasteiger charge is 2.18. The Bertz CT molecular complexity index is 1390. The van der Waals surface area contributed by atoms with Crippen molar-refractivity contribution >= 4 is 22.8 Å². The molecular weight excluding hydrogens is 416 g/mol. The lowest BCUT2D eigenvalue weighted by Crippen LogP contribution is -2.24. The highest BCUT2D eigenvalue weighted by Crippen LogP contribution is 2.27. The minimum Gasteiger partial charge on any atom is -0.455 e. The van der Waals surface area contributed by atoms with E-state index in [9.17, 15) is 14.4 Å². The molecule has 4 rings (SSSR count). The predicted molar refractivity (Wildman–Crippen MR) is 128 cm³/mol. The fourth-order valence-corrected chi connectivity index (χ4v) is 3.65. The zero-order valence-corrected chi connectivity index (χ0v) is 18.7. The van der Waals surface area contributed by atoms with Gasteiger partial charge in [-0.1, -0.05) is 48.5 Å². The van der Waals surface area contributed by atoms with Crippen molar-refractivity contribution < 1.29 is 14.0 Å². The summed E-state index contributed by atoms with van der Waals surface area (Å²) < 4.78 is 6.13. The first-order valence-corrected chi connectivity index (χ1v) is 10.6. The molecule has 0 saturated heterocycles. The van der Waals surface area contributed by atoms with E-state index in [1.165, 1.54) is 4.90 Å². The van der Waals surface area contributed by atoms with Crippen LogP contribution < -0.4 is 10.7 Å². The van der Waals surface area contributed by atoms with Gasteiger partial charge in [0.2, 0.25) is 0 Å². The quantitative estimate of drug-likeness (QED) is 0.499. The van der Waals surface area contributed by atoms with E-state index in [-0.39, 0.29) is 29.4 Å². The van der Waals surface area contributed by atoms with Crippen molar-refractivity contribution in [2.75, 3.05) is 14.1 Å². The largest absolute Gasteiger partial charge is 0.455 e. The van der Waals surface area contributed by atoms with Crippen molar-refractivity contribution in [2.45, 2.75) is 13.5 Å². The average molecular weight is 440 g/mol. The van der Waals surface area contributed by atoms with E-state index in [1.54, 1.807) is 63.5 Å². The molecule has 0 aliphatic heterocycles. The molecule has 2 amide bonds. The van der Waals surface area contributed by atoms with E-state index in [0.29, 0.717) is 27.8 Å². The zero-order chi connectivity index (χ0) is 23.5. The number of hydrogen-bond donors (Lipinski definition) is 1. The molecule has 6 heteroatoms. The number of para-hydroxylation sites is 1. The van der Waals surface area contributed by atoms with E-state index in [2.05, 4.69) is 5.32 Å². The smallest absolute Gasteiger partial charge is 0.255 e. The minimum atomic E-state index is -0.347. The Morgan fingerprint density at radius 2 is 1.61 bits per heavy atom.